The number of nitrogens with zero attached hydrogens (tertiary/aromatic N) is 4. The fourth-order valence-electron chi connectivity index (χ4n) is 5.04. The Morgan fingerprint density at radius 2 is 1.31 bits per heavy atom. The van der Waals surface area contributed by atoms with Gasteiger partial charge in [0.05, 0.1) is 12.2 Å². The lowest BCUT2D eigenvalue weighted by Gasteiger charge is -2.36. The van der Waals surface area contributed by atoms with Crippen LogP contribution in [0.25, 0.3) is 0 Å². The Kier molecular flexibility index (Phi) is 7.69. The Balaban J connectivity index is 1.05. The summed E-state index contributed by atoms with van der Waals surface area (Å²) in [4.78, 5) is 21.9. The summed E-state index contributed by atoms with van der Waals surface area (Å²) < 4.78 is 0. The zero-order valence-electron chi connectivity index (χ0n) is 20.7. The van der Waals surface area contributed by atoms with Crippen LogP contribution in [-0.2, 0) is 11.3 Å². The SMILES string of the molecule is O=C(CN1CCN(c2ccccc2O)CC1)Nc1ccc(N2CCN(Cc3ccccc3)CC2)cc1. The number of para-hydroxylation sites is 2. The molecule has 2 aliphatic rings. The summed E-state index contributed by atoms with van der Waals surface area (Å²) in [6.07, 6.45) is 0. The Morgan fingerprint density at radius 1 is 0.694 bits per heavy atom. The maximum atomic E-state index is 12.6. The van der Waals surface area contributed by atoms with Crippen molar-refractivity contribution in [3.63, 3.8) is 0 Å². The van der Waals surface area contributed by atoms with Crippen LogP contribution in [0.3, 0.4) is 0 Å². The van der Waals surface area contributed by atoms with Crippen LogP contribution in [0.15, 0.2) is 78.9 Å². The molecule has 2 N–H and O–H groups in total. The fourth-order valence-corrected chi connectivity index (χ4v) is 5.04. The van der Waals surface area contributed by atoms with Gasteiger partial charge in [-0.15, -0.1) is 0 Å². The Bertz CT molecular complexity index is 1120. The van der Waals surface area contributed by atoms with Crippen LogP contribution < -0.4 is 15.1 Å². The first kappa shape index (κ1) is 24.2. The molecule has 2 fully saturated rings. The highest BCUT2D eigenvalue weighted by atomic mass is 16.3. The smallest absolute Gasteiger partial charge is 0.238 e. The molecule has 2 aliphatic heterocycles. The van der Waals surface area contributed by atoms with E-state index < -0.39 is 0 Å². The molecule has 0 aliphatic carbocycles. The van der Waals surface area contributed by atoms with Crippen molar-refractivity contribution < 1.29 is 9.90 Å². The first-order valence-electron chi connectivity index (χ1n) is 12.8. The minimum absolute atomic E-state index is 0.00767. The molecular weight excluding hydrogens is 450 g/mol. The summed E-state index contributed by atoms with van der Waals surface area (Å²) >= 11 is 0. The van der Waals surface area contributed by atoms with Crippen molar-refractivity contribution in [1.82, 2.24) is 9.80 Å². The first-order chi connectivity index (χ1) is 17.6. The summed E-state index contributed by atoms with van der Waals surface area (Å²) in [6.45, 7) is 8.64. The summed E-state index contributed by atoms with van der Waals surface area (Å²) in [7, 11) is 0. The topological polar surface area (TPSA) is 62.3 Å². The van der Waals surface area contributed by atoms with E-state index in [2.05, 4.69) is 67.4 Å². The number of piperazine rings is 2. The molecule has 7 nitrogen and oxygen atoms in total. The summed E-state index contributed by atoms with van der Waals surface area (Å²) in [5.74, 6) is 0.314. The third kappa shape index (κ3) is 6.17. The standard InChI is InChI=1S/C29H35N5O2/c35-28-9-5-4-8-27(28)34-20-16-32(17-21-34)23-29(36)30-25-10-12-26(13-11-25)33-18-14-31(15-19-33)22-24-6-2-1-3-7-24/h1-13,35H,14-23H2,(H,30,36). The van der Waals surface area contributed by atoms with E-state index in [9.17, 15) is 9.90 Å². The number of hydrogen-bond acceptors (Lipinski definition) is 6. The van der Waals surface area contributed by atoms with Gasteiger partial charge in [0.1, 0.15) is 5.75 Å². The molecule has 0 bridgehead atoms. The first-order valence-corrected chi connectivity index (χ1v) is 12.8. The summed E-state index contributed by atoms with van der Waals surface area (Å²) in [6, 6.07) is 26.3. The molecule has 3 aromatic carbocycles. The van der Waals surface area contributed by atoms with Gasteiger partial charge < -0.3 is 20.2 Å². The van der Waals surface area contributed by atoms with Gasteiger partial charge in [-0.25, -0.2) is 0 Å². The number of rotatable bonds is 7. The van der Waals surface area contributed by atoms with Crippen LogP contribution in [0.4, 0.5) is 17.1 Å². The van der Waals surface area contributed by atoms with Crippen molar-refractivity contribution in [2.75, 3.05) is 74.0 Å². The number of carbonyl (C=O) groups excluding carboxylic acids is 1. The predicted octanol–water partition coefficient (Wildman–Crippen LogP) is 3.48. The number of benzene rings is 3. The quantitative estimate of drug-likeness (QED) is 0.534. The van der Waals surface area contributed by atoms with E-state index >= 15 is 0 Å². The zero-order chi connectivity index (χ0) is 24.7. The molecule has 0 unspecified atom stereocenters. The average Bonchev–Trinajstić information content (AvgIpc) is 2.91. The van der Waals surface area contributed by atoms with E-state index in [-0.39, 0.29) is 5.91 Å². The molecule has 0 radical (unpaired) electrons. The molecule has 7 heteroatoms. The van der Waals surface area contributed by atoms with Crippen molar-refractivity contribution in [1.29, 1.82) is 0 Å². The molecule has 2 heterocycles. The van der Waals surface area contributed by atoms with Crippen LogP contribution in [0.5, 0.6) is 5.75 Å². The molecule has 2 saturated heterocycles. The molecule has 188 valence electrons. The van der Waals surface area contributed by atoms with Crippen LogP contribution in [0.1, 0.15) is 5.56 Å². The Hall–Kier alpha value is -3.55. The number of aromatic hydroxyl groups is 1. The lowest BCUT2D eigenvalue weighted by Crippen LogP contribution is -2.48. The second-order valence-electron chi connectivity index (χ2n) is 9.60. The van der Waals surface area contributed by atoms with E-state index in [4.69, 9.17) is 0 Å². The highest BCUT2D eigenvalue weighted by Gasteiger charge is 2.21. The largest absolute Gasteiger partial charge is 0.506 e. The van der Waals surface area contributed by atoms with Crippen LogP contribution in [0, 0.1) is 0 Å². The average molecular weight is 486 g/mol. The monoisotopic (exact) mass is 485 g/mol. The van der Waals surface area contributed by atoms with Crippen molar-refractivity contribution >= 4 is 23.0 Å². The molecule has 36 heavy (non-hydrogen) atoms. The fraction of sp³-hybridized carbons (Fsp3) is 0.345. The van der Waals surface area contributed by atoms with E-state index in [1.807, 2.05) is 30.3 Å². The molecule has 0 saturated carbocycles. The molecular formula is C29H35N5O2. The summed E-state index contributed by atoms with van der Waals surface area (Å²) in [5, 5.41) is 13.1. The Labute approximate surface area is 213 Å². The van der Waals surface area contributed by atoms with Gasteiger partial charge in [-0.3, -0.25) is 14.6 Å². The Morgan fingerprint density at radius 3 is 2.00 bits per heavy atom. The van der Waals surface area contributed by atoms with Gasteiger partial charge in [-0.05, 0) is 42.0 Å². The van der Waals surface area contributed by atoms with E-state index in [1.54, 1.807) is 6.07 Å². The molecule has 0 aromatic heterocycles. The molecule has 0 atom stereocenters. The zero-order valence-corrected chi connectivity index (χ0v) is 20.7. The van der Waals surface area contributed by atoms with E-state index in [0.29, 0.717) is 12.3 Å². The molecule has 3 aromatic rings. The predicted molar refractivity (Wildman–Crippen MR) is 146 cm³/mol. The number of anilines is 3. The highest BCUT2D eigenvalue weighted by Crippen LogP contribution is 2.27. The number of phenols is 1. The number of nitrogens with one attached hydrogen (secondary N) is 1. The van der Waals surface area contributed by atoms with Gasteiger partial charge in [0.2, 0.25) is 5.91 Å². The van der Waals surface area contributed by atoms with E-state index in [1.165, 1.54) is 11.3 Å². The van der Waals surface area contributed by atoms with Crippen molar-refractivity contribution in [2.24, 2.45) is 0 Å². The second-order valence-corrected chi connectivity index (χ2v) is 9.60. The third-order valence-corrected chi connectivity index (χ3v) is 7.10. The van der Waals surface area contributed by atoms with Crippen LogP contribution >= 0.6 is 0 Å². The lowest BCUT2D eigenvalue weighted by atomic mass is 10.2. The molecule has 1 amide bonds. The minimum Gasteiger partial charge on any atom is -0.506 e. The van der Waals surface area contributed by atoms with Gasteiger partial charge in [-0.2, -0.15) is 0 Å². The lowest BCUT2D eigenvalue weighted by molar-refractivity contribution is -0.117. The van der Waals surface area contributed by atoms with Gasteiger partial charge in [-0.1, -0.05) is 42.5 Å². The number of carbonyl (C=O) groups is 1. The summed E-state index contributed by atoms with van der Waals surface area (Å²) in [5.41, 5.74) is 4.26. The van der Waals surface area contributed by atoms with Crippen molar-refractivity contribution in [3.05, 3.63) is 84.4 Å². The van der Waals surface area contributed by atoms with Crippen LogP contribution in [-0.4, -0.2) is 79.7 Å². The maximum Gasteiger partial charge on any atom is 0.238 e. The minimum atomic E-state index is 0.00767. The van der Waals surface area contributed by atoms with Gasteiger partial charge in [0.15, 0.2) is 0 Å². The van der Waals surface area contributed by atoms with Crippen molar-refractivity contribution in [3.8, 4) is 5.75 Å². The van der Waals surface area contributed by atoms with Gasteiger partial charge in [0, 0.05) is 70.3 Å². The highest BCUT2D eigenvalue weighted by molar-refractivity contribution is 5.92. The normalized spacial score (nSPS) is 17.2. The molecule has 0 spiro atoms. The molecule has 5 rings (SSSR count). The number of phenolic OH excluding ortho intramolecular Hbond substituents is 1. The number of hydrogen-bond donors (Lipinski definition) is 2. The van der Waals surface area contributed by atoms with Gasteiger partial charge >= 0.3 is 0 Å². The maximum absolute atomic E-state index is 12.6. The number of amides is 1. The third-order valence-electron chi connectivity index (χ3n) is 7.10. The van der Waals surface area contributed by atoms with Crippen molar-refractivity contribution in [2.45, 2.75) is 6.54 Å². The second kappa shape index (κ2) is 11.5. The van der Waals surface area contributed by atoms with Crippen LogP contribution in [0.2, 0.25) is 0 Å². The van der Waals surface area contributed by atoms with Gasteiger partial charge in [0.25, 0.3) is 0 Å². The van der Waals surface area contributed by atoms with E-state index in [0.717, 1.165) is 70.3 Å².